The molecule has 2 saturated carbocycles. The number of ether oxygens (including phenoxy) is 3. The van der Waals surface area contributed by atoms with Crippen LogP contribution >= 0.6 is 0 Å². The zero-order valence-electron chi connectivity index (χ0n) is 43.8. The summed E-state index contributed by atoms with van der Waals surface area (Å²) >= 11 is 0. The van der Waals surface area contributed by atoms with Crippen LogP contribution < -0.4 is 40.5 Å². The summed E-state index contributed by atoms with van der Waals surface area (Å²) in [5.74, 6) is 5.27. The number of carbonyl (C=O) groups excluding carboxylic acids is 7. The van der Waals surface area contributed by atoms with Gasteiger partial charge in [0, 0.05) is 0 Å². The fraction of sp³-hybridized carbons (Fsp3) is 0.891. The van der Waals surface area contributed by atoms with Gasteiger partial charge in [0.1, 0.15) is 11.2 Å². The molecule has 376 valence electrons. The van der Waals surface area contributed by atoms with Crippen molar-refractivity contribution in [1.82, 2.24) is 0 Å². The molecule has 0 amide bonds. The molecular weight excluding hydrogens is 867 g/mol. The van der Waals surface area contributed by atoms with Gasteiger partial charge >= 0.3 is 68.4 Å². The minimum atomic E-state index is -1.06. The van der Waals surface area contributed by atoms with Crippen LogP contribution in [-0.4, -0.2) is 85.5 Å². The van der Waals surface area contributed by atoms with E-state index in [0.29, 0.717) is 0 Å². The molecule has 2 N–H and O–H groups in total. The van der Waals surface area contributed by atoms with Crippen LogP contribution in [-0.2, 0) is 61.7 Å². The first kappa shape index (κ1) is 68.1. The largest absolute Gasteiger partial charge is 1.00 e. The Hall–Kier alpha value is -2.14. The van der Waals surface area contributed by atoms with Gasteiger partial charge in [0.25, 0.3) is 6.47 Å². The Bertz CT molecular complexity index is 1320. The smallest absolute Gasteiger partial charge is 0.662 e. The molecule has 0 spiro atoms. The quantitative estimate of drug-likeness (QED) is 0.0666. The van der Waals surface area contributed by atoms with Gasteiger partial charge in [0.05, 0.1) is 22.4 Å². The maximum Gasteiger partial charge on any atom is 1.00 e. The second-order valence-corrected chi connectivity index (χ2v) is 21.4. The molecule has 2 aliphatic heterocycles. The van der Waals surface area contributed by atoms with Crippen LogP contribution in [0.2, 0.25) is 12.6 Å². The van der Waals surface area contributed by atoms with Gasteiger partial charge in [-0.05, 0) is 177 Å². The number of nitrogens with two attached hydrogens (primary N) is 1. The van der Waals surface area contributed by atoms with Crippen LogP contribution in [0.1, 0.15) is 175 Å². The summed E-state index contributed by atoms with van der Waals surface area (Å²) in [4.78, 5) is 65.8. The average Bonchev–Trinajstić information content (AvgIpc) is 3.82. The summed E-state index contributed by atoms with van der Waals surface area (Å²) in [7, 11) is -0.0271. The van der Waals surface area contributed by atoms with Gasteiger partial charge in [-0.1, -0.05) is 52.9 Å². The molecule has 4 fully saturated rings. The minimum Gasteiger partial charge on any atom is -0.662 e. The second kappa shape index (κ2) is 31.9. The van der Waals surface area contributed by atoms with Crippen LogP contribution in [0.3, 0.4) is 0 Å². The van der Waals surface area contributed by atoms with Crippen molar-refractivity contribution < 1.29 is 106 Å². The number of hydrogen-bond donors (Lipinski definition) is 1. The van der Waals surface area contributed by atoms with E-state index < -0.39 is 23.5 Å². The Morgan fingerprint density at radius 1 is 0.667 bits per heavy atom. The fourth-order valence-electron chi connectivity index (χ4n) is 8.15. The third-order valence-electron chi connectivity index (χ3n) is 12.8. The summed E-state index contributed by atoms with van der Waals surface area (Å²) < 4.78 is 38.1. The normalized spacial score (nSPS) is 24.9. The molecule has 6 atom stereocenters. The second-order valence-electron chi connectivity index (χ2n) is 21.4. The van der Waals surface area contributed by atoms with Crippen LogP contribution in [0.25, 0.3) is 0 Å². The van der Waals surface area contributed by atoms with Crippen molar-refractivity contribution in [2.24, 2.45) is 41.2 Å². The van der Waals surface area contributed by atoms with Crippen molar-refractivity contribution in [3.63, 3.8) is 0 Å². The molecule has 2 unspecified atom stereocenters. The summed E-state index contributed by atoms with van der Waals surface area (Å²) in [5.41, 5.74) is 3.68. The summed E-state index contributed by atoms with van der Waals surface area (Å²) in [6.45, 7) is 34.9. The third kappa shape index (κ3) is 27.8. The molecular formula is C46H84B2NNaO16. The van der Waals surface area contributed by atoms with E-state index in [9.17, 15) is 9.59 Å². The molecule has 4 aliphatic rings. The van der Waals surface area contributed by atoms with Crippen LogP contribution in [0.4, 0.5) is 9.59 Å². The predicted molar refractivity (Wildman–Crippen MR) is 241 cm³/mol. The molecule has 0 aromatic heterocycles. The van der Waals surface area contributed by atoms with Crippen LogP contribution in [0.5, 0.6) is 0 Å². The van der Waals surface area contributed by atoms with Gasteiger partial charge in [-0.2, -0.15) is 19.2 Å². The minimum absolute atomic E-state index is 0. The maximum atomic E-state index is 11.0. The van der Waals surface area contributed by atoms with Crippen LogP contribution in [0, 0.1) is 35.5 Å². The number of carbonyl (C=O) groups is 3. The summed E-state index contributed by atoms with van der Waals surface area (Å²) in [6, 6.07) is 0. The van der Waals surface area contributed by atoms with Crippen molar-refractivity contribution >= 4 is 45.3 Å². The molecule has 17 nitrogen and oxygen atoms in total. The first-order valence-electron chi connectivity index (χ1n) is 23.0. The van der Waals surface area contributed by atoms with Crippen molar-refractivity contribution in [1.29, 1.82) is 0 Å². The first-order chi connectivity index (χ1) is 29.7. The van der Waals surface area contributed by atoms with Crippen molar-refractivity contribution in [2.75, 3.05) is 6.54 Å². The van der Waals surface area contributed by atoms with Crippen molar-refractivity contribution in [3.8, 4) is 0 Å². The van der Waals surface area contributed by atoms with Gasteiger partial charge in [-0.25, -0.2) is 9.59 Å². The Morgan fingerprint density at radius 2 is 0.955 bits per heavy atom. The Labute approximate surface area is 418 Å². The Balaban J connectivity index is -0.000000819. The first-order valence-corrected chi connectivity index (χ1v) is 23.0. The third-order valence-corrected chi connectivity index (χ3v) is 12.8. The average molecular weight is 952 g/mol. The zero-order chi connectivity index (χ0) is 51.0. The van der Waals surface area contributed by atoms with E-state index in [1.807, 2.05) is 0 Å². The van der Waals surface area contributed by atoms with Crippen LogP contribution in [0.15, 0.2) is 0 Å². The van der Waals surface area contributed by atoms with Crippen molar-refractivity contribution in [2.45, 2.75) is 222 Å². The Morgan fingerprint density at radius 3 is 1.18 bits per heavy atom. The van der Waals surface area contributed by atoms with Gasteiger partial charge in [0.2, 0.25) is 0 Å². The molecule has 0 aromatic carbocycles. The van der Waals surface area contributed by atoms with E-state index in [-0.39, 0.29) is 85.0 Å². The van der Waals surface area contributed by atoms with E-state index in [4.69, 9.17) is 63.1 Å². The van der Waals surface area contributed by atoms with E-state index in [1.54, 1.807) is 41.5 Å². The fourth-order valence-corrected chi connectivity index (χ4v) is 8.15. The molecule has 0 aromatic rings. The molecule has 4 rings (SSSR count). The van der Waals surface area contributed by atoms with Crippen molar-refractivity contribution in [3.05, 3.63) is 0 Å². The topological polar surface area (TPSA) is 242 Å². The number of hydrogen-bond acceptors (Lipinski definition) is 17. The molecule has 2 heterocycles. The van der Waals surface area contributed by atoms with E-state index in [0.717, 1.165) is 54.7 Å². The van der Waals surface area contributed by atoms with E-state index in [2.05, 4.69) is 85.8 Å². The standard InChI is InChI=1S/C17H33BO2.C16H32BNO2.C10H18O5.CH2O3.2CO2.Na/c1-7-14-11-13(2)15(12-14)9-8-10-18-19-16(3,4)17(5,6)20-18;1-12-9-13(11-18)10-14(12)7-6-8-17-19-15(2,3)16(4,5)20-17;1-9(2,3)14-7(11)13-8(12)15-10(4,5)6;2-1-4-3;2*2-1-3;/h13-15H,7-12H2,1-6H3;12-14H,6-11,18H2,1-5H3;1-6H3;1,3H;;;/q;;;;;;+1/p-1/t13-,14?,15+;12-,13?,14+;;;;;/m00...../s1. The molecule has 0 bridgehead atoms. The molecule has 2 saturated heterocycles. The molecule has 2 aliphatic carbocycles. The zero-order valence-corrected chi connectivity index (χ0v) is 45.8. The predicted octanol–water partition coefficient (Wildman–Crippen LogP) is 5.56. The van der Waals surface area contributed by atoms with Gasteiger partial charge in [0.15, 0.2) is 0 Å². The Kier molecular flexibility index (Phi) is 32.9. The monoisotopic (exact) mass is 952 g/mol. The molecule has 20 heteroatoms. The summed E-state index contributed by atoms with van der Waals surface area (Å²) in [5, 5.41) is 8.43. The summed E-state index contributed by atoms with van der Waals surface area (Å²) in [6.07, 6.45) is 12.4. The van der Waals surface area contributed by atoms with Gasteiger partial charge in [-0.3, -0.25) is 4.79 Å². The van der Waals surface area contributed by atoms with E-state index in [1.165, 1.54) is 57.8 Å². The van der Waals surface area contributed by atoms with E-state index >= 15 is 0 Å². The number of rotatable bonds is 11. The molecule has 0 radical (unpaired) electrons. The maximum absolute atomic E-state index is 11.0. The molecule has 66 heavy (non-hydrogen) atoms. The SMILES string of the molecule is CC(C)(C)OC(=O)OC(=O)OC(C)(C)C.CCC1C[C@@H](CCCB2OC(C)(C)C(C)(C)O2)[C@@H](C)C1.C[C@H]1CC(CN)C[C@H]1CCCB1OC(C)(C)C(C)(C)O1.O=C=O.O=C=O.O=CO[O-].[Na+]. The van der Waals surface area contributed by atoms with Gasteiger partial charge in [-0.15, -0.1) is 0 Å². The van der Waals surface area contributed by atoms with Gasteiger partial charge < -0.3 is 48.7 Å².